The first kappa shape index (κ1) is 21.6. The first-order chi connectivity index (χ1) is 9.88. The van der Waals surface area contributed by atoms with Gasteiger partial charge in [0.25, 0.3) is 0 Å². The van der Waals surface area contributed by atoms with Gasteiger partial charge in [-0.25, -0.2) is 18.4 Å². The molecule has 0 aliphatic rings. The molecule has 0 aliphatic carbocycles. The Balaban J connectivity index is 0.00000441. The summed E-state index contributed by atoms with van der Waals surface area (Å²) in [5.74, 6) is 0.920. The monoisotopic (exact) mass is 460 g/mol. The van der Waals surface area contributed by atoms with Crippen LogP contribution in [0, 0.1) is 13.8 Å². The molecule has 0 bridgehead atoms. The molecule has 0 aliphatic heterocycles. The molecule has 1 rings (SSSR count). The van der Waals surface area contributed by atoms with Gasteiger partial charge in [0.1, 0.15) is 0 Å². The number of halogens is 1. The first-order valence-electron chi connectivity index (χ1n) is 7.03. The van der Waals surface area contributed by atoms with Crippen LogP contribution in [0.5, 0.6) is 0 Å². The highest BCUT2D eigenvalue weighted by atomic mass is 127. The van der Waals surface area contributed by atoms with Gasteiger partial charge in [0.2, 0.25) is 0 Å². The van der Waals surface area contributed by atoms with Gasteiger partial charge in [0.15, 0.2) is 15.8 Å². The van der Waals surface area contributed by atoms with E-state index in [4.69, 9.17) is 0 Å². The zero-order chi connectivity index (χ0) is 15.9. The van der Waals surface area contributed by atoms with Crippen LogP contribution in [0.2, 0.25) is 0 Å². The predicted octanol–water partition coefficient (Wildman–Crippen LogP) is 1.87. The van der Waals surface area contributed by atoms with Crippen LogP contribution in [-0.4, -0.2) is 44.0 Å². The second-order valence-corrected chi connectivity index (χ2v) is 8.36. The van der Waals surface area contributed by atoms with Gasteiger partial charge in [-0.3, -0.25) is 0 Å². The number of hydrogen-bond donors (Lipinski definition) is 2. The van der Waals surface area contributed by atoms with E-state index in [9.17, 15) is 8.42 Å². The zero-order valence-corrected chi connectivity index (χ0v) is 17.4. The maximum absolute atomic E-state index is 11.5. The minimum Gasteiger partial charge on any atom is -0.357 e. The van der Waals surface area contributed by atoms with Crippen molar-refractivity contribution in [2.24, 2.45) is 4.99 Å². The topological polar surface area (TPSA) is 83.4 Å². The molecule has 22 heavy (non-hydrogen) atoms. The molecule has 1 heterocycles. The average molecular weight is 460 g/mol. The Bertz CT molecular complexity index is 585. The standard InChI is InChI=1S/C13H24N4O2S2.HI/c1-5-14-13(15-7-8-21(18,19)6-2)16-9-12-10(3)17-11(4)20-12;/h5-9H2,1-4H3,(H2,14,15,16);1H. The minimum absolute atomic E-state index is 0. The van der Waals surface area contributed by atoms with Gasteiger partial charge in [0, 0.05) is 23.7 Å². The van der Waals surface area contributed by atoms with E-state index in [0.717, 1.165) is 22.1 Å². The summed E-state index contributed by atoms with van der Waals surface area (Å²) >= 11 is 1.64. The van der Waals surface area contributed by atoms with Crippen LogP contribution in [0.25, 0.3) is 0 Å². The second-order valence-electron chi connectivity index (χ2n) is 4.60. The van der Waals surface area contributed by atoms with Crippen molar-refractivity contribution in [3.05, 3.63) is 15.6 Å². The van der Waals surface area contributed by atoms with Crippen LogP contribution < -0.4 is 10.6 Å². The molecule has 0 fully saturated rings. The van der Waals surface area contributed by atoms with Gasteiger partial charge in [-0.2, -0.15) is 0 Å². The van der Waals surface area contributed by atoms with Gasteiger partial charge in [-0.05, 0) is 20.8 Å². The highest BCUT2D eigenvalue weighted by molar-refractivity contribution is 14.0. The molecule has 0 saturated heterocycles. The maximum Gasteiger partial charge on any atom is 0.191 e. The molecule has 0 atom stereocenters. The number of aliphatic imine (C=N–C) groups is 1. The fraction of sp³-hybridized carbons (Fsp3) is 0.692. The summed E-state index contributed by atoms with van der Waals surface area (Å²) in [5, 5.41) is 7.20. The lowest BCUT2D eigenvalue weighted by Crippen LogP contribution is -2.39. The molecule has 0 spiro atoms. The normalized spacial score (nSPS) is 11.9. The third kappa shape index (κ3) is 7.73. The smallest absolute Gasteiger partial charge is 0.191 e. The van der Waals surface area contributed by atoms with Crippen LogP contribution in [-0.2, 0) is 16.4 Å². The van der Waals surface area contributed by atoms with E-state index in [-0.39, 0.29) is 35.5 Å². The van der Waals surface area contributed by atoms with Gasteiger partial charge >= 0.3 is 0 Å². The number of rotatable bonds is 7. The lowest BCUT2D eigenvalue weighted by Gasteiger charge is -2.11. The third-order valence-electron chi connectivity index (χ3n) is 2.87. The van der Waals surface area contributed by atoms with Crippen LogP contribution in [0.1, 0.15) is 29.4 Å². The van der Waals surface area contributed by atoms with Crippen molar-refractivity contribution in [1.29, 1.82) is 0 Å². The molecule has 9 heteroatoms. The predicted molar refractivity (Wildman–Crippen MR) is 104 cm³/mol. The summed E-state index contributed by atoms with van der Waals surface area (Å²) < 4.78 is 22.9. The van der Waals surface area contributed by atoms with Crippen molar-refractivity contribution in [3.8, 4) is 0 Å². The number of nitrogens with one attached hydrogen (secondary N) is 2. The largest absolute Gasteiger partial charge is 0.357 e. The van der Waals surface area contributed by atoms with Crippen molar-refractivity contribution in [1.82, 2.24) is 15.6 Å². The molecule has 1 aromatic rings. The number of guanidine groups is 1. The molecule has 0 unspecified atom stereocenters. The van der Waals surface area contributed by atoms with Crippen molar-refractivity contribution >= 4 is 51.1 Å². The van der Waals surface area contributed by atoms with Crippen molar-refractivity contribution < 1.29 is 8.42 Å². The average Bonchev–Trinajstić information content (AvgIpc) is 2.74. The van der Waals surface area contributed by atoms with Crippen molar-refractivity contribution in [3.63, 3.8) is 0 Å². The van der Waals surface area contributed by atoms with Crippen LogP contribution >= 0.6 is 35.3 Å². The lowest BCUT2D eigenvalue weighted by molar-refractivity contribution is 0.595. The molecule has 6 nitrogen and oxygen atoms in total. The number of hydrogen-bond acceptors (Lipinski definition) is 5. The molecule has 1 aromatic heterocycles. The van der Waals surface area contributed by atoms with Gasteiger partial charge in [-0.15, -0.1) is 35.3 Å². The fourth-order valence-corrected chi connectivity index (χ4v) is 3.25. The maximum atomic E-state index is 11.5. The Kier molecular flexibility index (Phi) is 10.2. The summed E-state index contributed by atoms with van der Waals surface area (Å²) in [6.45, 7) is 9.22. The van der Waals surface area contributed by atoms with E-state index in [1.165, 1.54) is 0 Å². The van der Waals surface area contributed by atoms with Gasteiger partial charge < -0.3 is 10.6 Å². The Morgan fingerprint density at radius 3 is 2.45 bits per heavy atom. The second kappa shape index (κ2) is 10.4. The third-order valence-corrected chi connectivity index (χ3v) is 5.63. The molecular formula is C13H25IN4O2S2. The number of aromatic nitrogens is 1. The van der Waals surface area contributed by atoms with Crippen LogP contribution in [0.15, 0.2) is 4.99 Å². The minimum atomic E-state index is -2.95. The molecule has 0 saturated carbocycles. The number of aryl methyl sites for hydroxylation is 2. The van der Waals surface area contributed by atoms with E-state index in [0.29, 0.717) is 19.0 Å². The molecule has 0 radical (unpaired) electrons. The first-order valence-corrected chi connectivity index (χ1v) is 9.67. The molecular weight excluding hydrogens is 435 g/mol. The van der Waals surface area contributed by atoms with Crippen molar-refractivity contribution in [2.75, 3.05) is 24.6 Å². The Morgan fingerprint density at radius 2 is 1.95 bits per heavy atom. The van der Waals surface area contributed by atoms with E-state index in [1.54, 1.807) is 18.3 Å². The molecule has 0 aromatic carbocycles. The highest BCUT2D eigenvalue weighted by Gasteiger charge is 2.08. The quantitative estimate of drug-likeness (QED) is 0.369. The summed E-state index contributed by atoms with van der Waals surface area (Å²) in [7, 11) is -2.95. The molecule has 2 N–H and O–H groups in total. The molecule has 0 amide bonds. The van der Waals surface area contributed by atoms with Crippen LogP contribution in [0.4, 0.5) is 0 Å². The van der Waals surface area contributed by atoms with E-state index >= 15 is 0 Å². The van der Waals surface area contributed by atoms with Gasteiger partial charge in [-0.1, -0.05) is 6.92 Å². The summed E-state index contributed by atoms with van der Waals surface area (Å²) in [6, 6.07) is 0. The Morgan fingerprint density at radius 1 is 1.27 bits per heavy atom. The van der Waals surface area contributed by atoms with Crippen molar-refractivity contribution in [2.45, 2.75) is 34.2 Å². The SMILES string of the molecule is CCNC(=NCc1sc(C)nc1C)NCCS(=O)(=O)CC.I. The summed E-state index contributed by atoms with van der Waals surface area (Å²) in [4.78, 5) is 9.97. The molecule has 128 valence electrons. The van der Waals surface area contributed by atoms with E-state index in [2.05, 4.69) is 20.6 Å². The lowest BCUT2D eigenvalue weighted by atomic mass is 10.4. The Hall–Kier alpha value is -0.420. The number of nitrogens with zero attached hydrogens (tertiary/aromatic N) is 2. The fourth-order valence-electron chi connectivity index (χ4n) is 1.68. The number of sulfone groups is 1. The van der Waals surface area contributed by atoms with E-state index < -0.39 is 9.84 Å². The zero-order valence-electron chi connectivity index (χ0n) is 13.5. The Labute approximate surface area is 154 Å². The highest BCUT2D eigenvalue weighted by Crippen LogP contribution is 2.17. The van der Waals surface area contributed by atoms with Gasteiger partial charge in [0.05, 0.1) is 23.0 Å². The van der Waals surface area contributed by atoms with Crippen LogP contribution in [0.3, 0.4) is 0 Å². The van der Waals surface area contributed by atoms with E-state index in [1.807, 2.05) is 20.8 Å². The summed E-state index contributed by atoms with van der Waals surface area (Å²) in [5.41, 5.74) is 1.01. The number of thiazole rings is 1. The summed E-state index contributed by atoms with van der Waals surface area (Å²) in [6.07, 6.45) is 0.